The van der Waals surface area contributed by atoms with Crippen molar-refractivity contribution in [3.05, 3.63) is 30.3 Å². The number of sulfone groups is 1. The molecule has 1 aliphatic heterocycles. The van der Waals surface area contributed by atoms with Crippen LogP contribution in [-0.4, -0.2) is 65.4 Å². The Labute approximate surface area is 144 Å². The molecule has 1 heterocycles. The Morgan fingerprint density at radius 3 is 2.79 bits per heavy atom. The average molecular weight is 353 g/mol. The number of guanidine groups is 1. The first kappa shape index (κ1) is 18.7. The van der Waals surface area contributed by atoms with Gasteiger partial charge in [-0.15, -0.1) is 0 Å². The highest BCUT2D eigenvalue weighted by atomic mass is 32.2. The van der Waals surface area contributed by atoms with Crippen molar-refractivity contribution in [2.24, 2.45) is 10.9 Å². The lowest BCUT2D eigenvalue weighted by atomic mass is 10.1. The molecule has 1 aromatic rings. The van der Waals surface area contributed by atoms with Crippen LogP contribution in [0.1, 0.15) is 12.8 Å². The molecule has 24 heavy (non-hydrogen) atoms. The fraction of sp³-hybridized carbons (Fsp3) is 0.588. The summed E-state index contributed by atoms with van der Waals surface area (Å²) in [5.74, 6) is 1.51. The van der Waals surface area contributed by atoms with Gasteiger partial charge in [0.1, 0.15) is 0 Å². The van der Waals surface area contributed by atoms with Gasteiger partial charge in [-0.2, -0.15) is 0 Å². The van der Waals surface area contributed by atoms with Crippen molar-refractivity contribution in [2.45, 2.75) is 17.7 Å². The number of likely N-dealkylation sites (tertiary alicyclic amines) is 1. The maximum atomic E-state index is 12.2. The third kappa shape index (κ3) is 5.21. The van der Waals surface area contributed by atoms with Gasteiger partial charge in [0.05, 0.1) is 17.3 Å². The lowest BCUT2D eigenvalue weighted by Crippen LogP contribution is -2.41. The summed E-state index contributed by atoms with van der Waals surface area (Å²) < 4.78 is 29.7. The summed E-state index contributed by atoms with van der Waals surface area (Å²) in [7, 11) is 0.272. The molecule has 1 atom stereocenters. The van der Waals surface area contributed by atoms with Crippen molar-refractivity contribution in [3.8, 4) is 0 Å². The van der Waals surface area contributed by atoms with E-state index in [2.05, 4.69) is 15.2 Å². The van der Waals surface area contributed by atoms with Crippen LogP contribution in [0.15, 0.2) is 40.2 Å². The Morgan fingerprint density at radius 2 is 2.12 bits per heavy atom. The zero-order chi connectivity index (χ0) is 17.4. The van der Waals surface area contributed by atoms with E-state index in [1.807, 2.05) is 6.07 Å². The molecule has 0 aliphatic carbocycles. The molecule has 0 radical (unpaired) electrons. The van der Waals surface area contributed by atoms with E-state index >= 15 is 0 Å². The highest BCUT2D eigenvalue weighted by molar-refractivity contribution is 7.91. The minimum absolute atomic E-state index is 0.132. The van der Waals surface area contributed by atoms with Gasteiger partial charge in [-0.3, -0.25) is 4.99 Å². The molecule has 6 nitrogen and oxygen atoms in total. The molecule has 1 aliphatic rings. The van der Waals surface area contributed by atoms with Gasteiger partial charge >= 0.3 is 0 Å². The molecule has 0 saturated carbocycles. The van der Waals surface area contributed by atoms with Crippen molar-refractivity contribution in [1.29, 1.82) is 0 Å². The zero-order valence-corrected chi connectivity index (χ0v) is 15.3. The third-order valence-corrected chi connectivity index (χ3v) is 5.99. The second kappa shape index (κ2) is 9.03. The number of benzene rings is 1. The summed E-state index contributed by atoms with van der Waals surface area (Å²) in [6, 6.07) is 8.59. The fourth-order valence-corrected chi connectivity index (χ4v) is 4.27. The first-order valence-corrected chi connectivity index (χ1v) is 9.94. The Kier molecular flexibility index (Phi) is 7.05. The largest absolute Gasteiger partial charge is 0.384 e. The summed E-state index contributed by atoms with van der Waals surface area (Å²) in [4.78, 5) is 6.89. The molecule has 0 bridgehead atoms. The second-order valence-corrected chi connectivity index (χ2v) is 8.12. The SMILES string of the molecule is CN=C(NCCCS(=O)(=O)c1ccccc1)N1CCC(COC)C1. The minimum atomic E-state index is -3.21. The number of rotatable bonds is 7. The van der Waals surface area contributed by atoms with Gasteiger partial charge in [0.25, 0.3) is 0 Å². The van der Waals surface area contributed by atoms with Crippen molar-refractivity contribution >= 4 is 15.8 Å². The van der Waals surface area contributed by atoms with Crippen molar-refractivity contribution < 1.29 is 13.2 Å². The first-order chi connectivity index (χ1) is 11.6. The number of hydrogen-bond donors (Lipinski definition) is 1. The molecule has 1 fully saturated rings. The lowest BCUT2D eigenvalue weighted by molar-refractivity contribution is 0.157. The van der Waals surface area contributed by atoms with Crippen LogP contribution in [0.2, 0.25) is 0 Å². The van der Waals surface area contributed by atoms with E-state index in [-0.39, 0.29) is 5.75 Å². The second-order valence-electron chi connectivity index (χ2n) is 6.02. The van der Waals surface area contributed by atoms with Gasteiger partial charge in [-0.25, -0.2) is 8.42 Å². The van der Waals surface area contributed by atoms with E-state index < -0.39 is 9.84 Å². The monoisotopic (exact) mass is 353 g/mol. The number of nitrogens with zero attached hydrogens (tertiary/aromatic N) is 2. The fourth-order valence-electron chi connectivity index (χ4n) is 2.94. The third-order valence-electron chi connectivity index (χ3n) is 4.17. The Hall–Kier alpha value is -1.60. The van der Waals surface area contributed by atoms with Crippen LogP contribution in [0.5, 0.6) is 0 Å². The standard InChI is InChI=1S/C17H27N3O3S/c1-18-17(20-11-9-15(13-20)14-23-2)19-10-6-12-24(21,22)16-7-4-3-5-8-16/h3-5,7-8,15H,6,9-14H2,1-2H3,(H,18,19). The number of aliphatic imine (C=N–C) groups is 1. The van der Waals surface area contributed by atoms with Gasteiger partial charge in [-0.1, -0.05) is 18.2 Å². The van der Waals surface area contributed by atoms with Crippen LogP contribution in [0.3, 0.4) is 0 Å². The summed E-state index contributed by atoms with van der Waals surface area (Å²) in [6.07, 6.45) is 1.64. The number of methoxy groups -OCH3 is 1. The van der Waals surface area contributed by atoms with Crippen LogP contribution in [-0.2, 0) is 14.6 Å². The molecular formula is C17H27N3O3S. The summed E-state index contributed by atoms with van der Waals surface area (Å²) in [5.41, 5.74) is 0. The molecule has 0 spiro atoms. The minimum Gasteiger partial charge on any atom is -0.384 e. The molecule has 1 unspecified atom stereocenters. The van der Waals surface area contributed by atoms with Gasteiger partial charge in [-0.05, 0) is 25.0 Å². The van der Waals surface area contributed by atoms with Crippen LogP contribution in [0.25, 0.3) is 0 Å². The van der Waals surface area contributed by atoms with E-state index in [4.69, 9.17) is 4.74 Å². The van der Waals surface area contributed by atoms with Crippen LogP contribution >= 0.6 is 0 Å². The maximum Gasteiger partial charge on any atom is 0.193 e. The van der Waals surface area contributed by atoms with Gasteiger partial charge < -0.3 is 15.0 Å². The lowest BCUT2D eigenvalue weighted by Gasteiger charge is -2.21. The van der Waals surface area contributed by atoms with Crippen molar-refractivity contribution in [3.63, 3.8) is 0 Å². The molecule has 7 heteroatoms. The highest BCUT2D eigenvalue weighted by Crippen LogP contribution is 2.16. The highest BCUT2D eigenvalue weighted by Gasteiger charge is 2.24. The van der Waals surface area contributed by atoms with Gasteiger partial charge in [0, 0.05) is 39.7 Å². The van der Waals surface area contributed by atoms with Crippen molar-refractivity contribution in [2.75, 3.05) is 46.2 Å². The van der Waals surface area contributed by atoms with E-state index in [1.54, 1.807) is 38.4 Å². The van der Waals surface area contributed by atoms with Gasteiger partial charge in [0.2, 0.25) is 0 Å². The molecule has 134 valence electrons. The van der Waals surface area contributed by atoms with Crippen LogP contribution in [0.4, 0.5) is 0 Å². The topological polar surface area (TPSA) is 71.0 Å². The number of nitrogens with one attached hydrogen (secondary N) is 1. The molecule has 2 rings (SSSR count). The van der Waals surface area contributed by atoms with E-state index in [0.717, 1.165) is 32.1 Å². The molecule has 1 saturated heterocycles. The molecular weight excluding hydrogens is 326 g/mol. The van der Waals surface area contributed by atoms with Gasteiger partial charge in [0.15, 0.2) is 15.8 Å². The number of ether oxygens (including phenoxy) is 1. The Bertz CT molecular complexity index is 632. The zero-order valence-electron chi connectivity index (χ0n) is 14.4. The molecule has 1 N–H and O–H groups in total. The van der Waals surface area contributed by atoms with E-state index in [9.17, 15) is 8.42 Å². The van der Waals surface area contributed by atoms with Crippen LogP contribution in [0, 0.1) is 5.92 Å². The quantitative estimate of drug-likeness (QED) is 0.456. The van der Waals surface area contributed by atoms with E-state index in [1.165, 1.54) is 0 Å². The normalized spacial score (nSPS) is 18.8. The van der Waals surface area contributed by atoms with Crippen LogP contribution < -0.4 is 5.32 Å². The predicted octanol–water partition coefficient (Wildman–Crippen LogP) is 1.39. The Morgan fingerprint density at radius 1 is 1.38 bits per heavy atom. The number of hydrogen-bond acceptors (Lipinski definition) is 4. The summed E-state index contributed by atoms with van der Waals surface area (Å²) in [5, 5.41) is 3.27. The first-order valence-electron chi connectivity index (χ1n) is 8.29. The maximum absolute atomic E-state index is 12.2. The molecule has 0 aromatic heterocycles. The summed E-state index contributed by atoms with van der Waals surface area (Å²) >= 11 is 0. The summed E-state index contributed by atoms with van der Waals surface area (Å²) in [6.45, 7) is 3.23. The molecule has 0 amide bonds. The smallest absolute Gasteiger partial charge is 0.193 e. The molecule has 1 aromatic carbocycles. The van der Waals surface area contributed by atoms with E-state index in [0.29, 0.717) is 23.8 Å². The predicted molar refractivity (Wildman–Crippen MR) is 96.0 cm³/mol. The average Bonchev–Trinajstić information content (AvgIpc) is 3.04. The van der Waals surface area contributed by atoms with Crippen molar-refractivity contribution in [1.82, 2.24) is 10.2 Å². The Balaban J connectivity index is 1.77.